The number of aliphatic imine (C=N–C) groups is 1. The third-order valence-corrected chi connectivity index (χ3v) is 5.30. The zero-order valence-corrected chi connectivity index (χ0v) is 18.4. The van der Waals surface area contributed by atoms with Gasteiger partial charge in [0.2, 0.25) is 0 Å². The molecule has 1 aromatic carbocycles. The van der Waals surface area contributed by atoms with Crippen LogP contribution in [0.4, 0.5) is 0 Å². The van der Waals surface area contributed by atoms with Gasteiger partial charge < -0.3 is 25.2 Å². The summed E-state index contributed by atoms with van der Waals surface area (Å²) in [5, 5.41) is 6.20. The molecule has 29 heavy (non-hydrogen) atoms. The molecule has 2 rings (SSSR count). The number of benzene rings is 1. The van der Waals surface area contributed by atoms with Crippen molar-refractivity contribution in [3.63, 3.8) is 0 Å². The van der Waals surface area contributed by atoms with Gasteiger partial charge in [-0.15, -0.1) is 0 Å². The van der Waals surface area contributed by atoms with Crippen molar-refractivity contribution in [1.29, 1.82) is 0 Å². The maximum Gasteiger partial charge on any atom is 0.257 e. The number of nitrogens with zero attached hydrogens (tertiary/aromatic N) is 3. The van der Waals surface area contributed by atoms with Crippen molar-refractivity contribution in [2.45, 2.75) is 33.7 Å². The molecular weight excluding hydrogens is 366 g/mol. The third-order valence-electron chi connectivity index (χ3n) is 5.30. The first-order chi connectivity index (χ1) is 14.1. The number of amides is 1. The van der Waals surface area contributed by atoms with Crippen molar-refractivity contribution >= 4 is 11.9 Å². The molecule has 1 fully saturated rings. The number of ether oxygens (including phenoxy) is 1. The van der Waals surface area contributed by atoms with Crippen molar-refractivity contribution in [1.82, 2.24) is 20.4 Å². The molecule has 0 saturated carbocycles. The lowest BCUT2D eigenvalue weighted by Gasteiger charge is -2.24. The van der Waals surface area contributed by atoms with E-state index in [1.165, 1.54) is 6.42 Å². The molecule has 0 aliphatic carbocycles. The van der Waals surface area contributed by atoms with Gasteiger partial charge in [0.1, 0.15) is 5.75 Å². The number of carbonyl (C=O) groups is 1. The summed E-state index contributed by atoms with van der Waals surface area (Å²) >= 11 is 0. The fourth-order valence-electron chi connectivity index (χ4n) is 3.68. The smallest absolute Gasteiger partial charge is 0.257 e. The van der Waals surface area contributed by atoms with Gasteiger partial charge in [0.05, 0.1) is 0 Å². The summed E-state index contributed by atoms with van der Waals surface area (Å²) in [6.45, 7) is 13.1. The number of likely N-dealkylation sites (tertiary alicyclic amines) is 1. The molecule has 1 unspecified atom stereocenters. The highest BCUT2D eigenvalue weighted by atomic mass is 16.5. The number of hydrogen-bond acceptors (Lipinski definition) is 4. The number of carbonyl (C=O) groups excluding carboxylic acids is 1. The molecule has 1 aromatic rings. The molecule has 1 aliphatic rings. The SMILES string of the molecule is CCNC(=O)COc1cccc(CNC(=NC)N2CCC(CN(CC)CC)C2)c1. The Bertz CT molecular complexity index is 660. The highest BCUT2D eigenvalue weighted by Crippen LogP contribution is 2.18. The van der Waals surface area contributed by atoms with E-state index >= 15 is 0 Å². The topological polar surface area (TPSA) is 69.2 Å². The average molecular weight is 404 g/mol. The van der Waals surface area contributed by atoms with Crippen LogP contribution >= 0.6 is 0 Å². The second-order valence-corrected chi connectivity index (χ2v) is 7.38. The average Bonchev–Trinajstić information content (AvgIpc) is 3.20. The lowest BCUT2D eigenvalue weighted by atomic mass is 10.1. The number of guanidine groups is 1. The van der Waals surface area contributed by atoms with E-state index in [1.807, 2.05) is 38.2 Å². The van der Waals surface area contributed by atoms with Crippen molar-refractivity contribution < 1.29 is 9.53 Å². The van der Waals surface area contributed by atoms with Gasteiger partial charge in [-0.05, 0) is 50.0 Å². The Balaban J connectivity index is 1.83. The van der Waals surface area contributed by atoms with Gasteiger partial charge in [-0.3, -0.25) is 9.79 Å². The van der Waals surface area contributed by atoms with Crippen LogP contribution in [0.1, 0.15) is 32.8 Å². The van der Waals surface area contributed by atoms with E-state index in [-0.39, 0.29) is 12.5 Å². The maximum atomic E-state index is 11.6. The maximum absolute atomic E-state index is 11.6. The van der Waals surface area contributed by atoms with Crippen LogP contribution in [-0.4, -0.2) is 74.6 Å². The minimum Gasteiger partial charge on any atom is -0.484 e. The Labute approximate surface area is 175 Å². The first kappa shape index (κ1) is 23.0. The third kappa shape index (κ3) is 7.57. The van der Waals surface area contributed by atoms with E-state index in [9.17, 15) is 4.79 Å². The Morgan fingerprint density at radius 2 is 2.07 bits per heavy atom. The van der Waals surface area contributed by atoms with E-state index in [0.717, 1.165) is 44.2 Å². The zero-order chi connectivity index (χ0) is 21.1. The van der Waals surface area contributed by atoms with Gasteiger partial charge >= 0.3 is 0 Å². The number of likely N-dealkylation sites (N-methyl/N-ethyl adjacent to an activating group) is 1. The standard InChI is InChI=1S/C22H37N5O2/c1-5-24-21(28)17-29-20-10-8-9-18(13-20)14-25-22(23-4)27-12-11-19(16-27)15-26(6-2)7-3/h8-10,13,19H,5-7,11-12,14-17H2,1-4H3,(H,23,25)(H,24,28). The molecule has 0 bridgehead atoms. The molecular formula is C22H37N5O2. The highest BCUT2D eigenvalue weighted by Gasteiger charge is 2.25. The Hall–Kier alpha value is -2.28. The van der Waals surface area contributed by atoms with Crippen molar-refractivity contribution in [2.24, 2.45) is 10.9 Å². The number of nitrogens with one attached hydrogen (secondary N) is 2. The van der Waals surface area contributed by atoms with Crippen LogP contribution in [0.2, 0.25) is 0 Å². The molecule has 1 aliphatic heterocycles. The molecule has 1 heterocycles. The zero-order valence-electron chi connectivity index (χ0n) is 18.4. The highest BCUT2D eigenvalue weighted by molar-refractivity contribution is 5.80. The summed E-state index contributed by atoms with van der Waals surface area (Å²) in [5.74, 6) is 2.23. The summed E-state index contributed by atoms with van der Waals surface area (Å²) in [5.41, 5.74) is 1.10. The first-order valence-corrected chi connectivity index (χ1v) is 10.8. The van der Waals surface area contributed by atoms with Gasteiger partial charge in [0, 0.05) is 39.8 Å². The van der Waals surface area contributed by atoms with Crippen molar-refractivity contribution in [2.75, 3.05) is 52.9 Å². The van der Waals surface area contributed by atoms with Crippen molar-refractivity contribution in [3.05, 3.63) is 29.8 Å². The molecule has 1 amide bonds. The van der Waals surface area contributed by atoms with Crippen LogP contribution in [0.3, 0.4) is 0 Å². The normalized spacial score (nSPS) is 16.9. The Morgan fingerprint density at radius 1 is 1.28 bits per heavy atom. The van der Waals surface area contributed by atoms with E-state index in [4.69, 9.17) is 4.74 Å². The lowest BCUT2D eigenvalue weighted by Crippen LogP contribution is -2.40. The number of hydrogen-bond donors (Lipinski definition) is 2. The minimum absolute atomic E-state index is 0.0358. The van der Waals surface area contributed by atoms with E-state index < -0.39 is 0 Å². The quantitative estimate of drug-likeness (QED) is 0.462. The van der Waals surface area contributed by atoms with E-state index in [2.05, 4.69) is 39.3 Å². The van der Waals surface area contributed by atoms with Crippen LogP contribution in [0.5, 0.6) is 5.75 Å². The molecule has 0 spiro atoms. The monoisotopic (exact) mass is 403 g/mol. The van der Waals surface area contributed by atoms with Gasteiger partial charge in [0.25, 0.3) is 5.91 Å². The van der Waals surface area contributed by atoms with Gasteiger partial charge in [-0.25, -0.2) is 0 Å². The molecule has 1 saturated heterocycles. The molecule has 2 N–H and O–H groups in total. The molecule has 0 aromatic heterocycles. The fraction of sp³-hybridized carbons (Fsp3) is 0.636. The lowest BCUT2D eigenvalue weighted by molar-refractivity contribution is -0.122. The number of rotatable bonds is 10. The van der Waals surface area contributed by atoms with Gasteiger partial charge in [-0.1, -0.05) is 26.0 Å². The van der Waals surface area contributed by atoms with Crippen LogP contribution < -0.4 is 15.4 Å². The van der Waals surface area contributed by atoms with E-state index in [1.54, 1.807) is 0 Å². The first-order valence-electron chi connectivity index (χ1n) is 10.8. The molecule has 162 valence electrons. The second kappa shape index (κ2) is 12.3. The summed E-state index contributed by atoms with van der Waals surface area (Å²) in [6.07, 6.45) is 1.21. The van der Waals surface area contributed by atoms with Gasteiger partial charge in [-0.2, -0.15) is 0 Å². The van der Waals surface area contributed by atoms with Crippen molar-refractivity contribution in [3.8, 4) is 5.75 Å². The fourth-order valence-corrected chi connectivity index (χ4v) is 3.68. The summed E-state index contributed by atoms with van der Waals surface area (Å²) < 4.78 is 5.58. The minimum atomic E-state index is -0.107. The van der Waals surface area contributed by atoms with Crippen LogP contribution in [-0.2, 0) is 11.3 Å². The summed E-state index contributed by atoms with van der Waals surface area (Å²) in [4.78, 5) is 20.9. The van der Waals surface area contributed by atoms with Crippen LogP contribution in [0.15, 0.2) is 29.3 Å². The molecule has 1 atom stereocenters. The second-order valence-electron chi connectivity index (χ2n) is 7.38. The Morgan fingerprint density at radius 3 is 2.76 bits per heavy atom. The predicted octanol–water partition coefficient (Wildman–Crippen LogP) is 1.94. The molecule has 7 nitrogen and oxygen atoms in total. The Kier molecular flexibility index (Phi) is 9.77. The van der Waals surface area contributed by atoms with Crippen LogP contribution in [0, 0.1) is 5.92 Å². The largest absolute Gasteiger partial charge is 0.484 e. The summed E-state index contributed by atoms with van der Waals surface area (Å²) in [6, 6.07) is 7.83. The van der Waals surface area contributed by atoms with E-state index in [0.29, 0.717) is 24.8 Å². The summed E-state index contributed by atoms with van der Waals surface area (Å²) in [7, 11) is 1.84. The van der Waals surface area contributed by atoms with Crippen LogP contribution in [0.25, 0.3) is 0 Å². The predicted molar refractivity (Wildman–Crippen MR) is 118 cm³/mol. The molecule has 7 heteroatoms. The van der Waals surface area contributed by atoms with Gasteiger partial charge in [0.15, 0.2) is 12.6 Å². The molecule has 0 radical (unpaired) electrons.